The molecule has 1 rings (SSSR count). The predicted molar refractivity (Wildman–Crippen MR) is 54.7 cm³/mol. The van der Waals surface area contributed by atoms with Crippen LogP contribution in [-0.4, -0.2) is 16.1 Å². The predicted octanol–water partition coefficient (Wildman–Crippen LogP) is 1.32. The van der Waals surface area contributed by atoms with Gasteiger partial charge in [-0.15, -0.1) is 12.3 Å². The molecule has 14 heavy (non-hydrogen) atoms. The molecule has 0 bridgehead atoms. The minimum absolute atomic E-state index is 0.0999. The van der Waals surface area contributed by atoms with E-state index >= 15 is 0 Å². The van der Waals surface area contributed by atoms with E-state index in [1.165, 1.54) is 0 Å². The van der Waals surface area contributed by atoms with Crippen LogP contribution >= 0.6 is 0 Å². The third kappa shape index (κ3) is 2.94. The number of carbonyl (C=O) groups excluding carboxylic acids is 1. The fraction of sp³-hybridized carbons (Fsp3) is 0.400. The van der Waals surface area contributed by atoms with Gasteiger partial charge < -0.3 is 5.32 Å². The van der Waals surface area contributed by atoms with Gasteiger partial charge in [0.15, 0.2) is 5.82 Å². The van der Waals surface area contributed by atoms with Crippen LogP contribution in [0, 0.1) is 12.3 Å². The molecule has 0 atom stereocenters. The van der Waals surface area contributed by atoms with Crippen LogP contribution in [0.15, 0.2) is 6.07 Å². The van der Waals surface area contributed by atoms with E-state index in [0.717, 1.165) is 12.1 Å². The van der Waals surface area contributed by atoms with Gasteiger partial charge >= 0.3 is 0 Å². The van der Waals surface area contributed by atoms with Crippen LogP contribution in [0.1, 0.15) is 25.5 Å². The third-order valence-corrected chi connectivity index (χ3v) is 1.78. The molecule has 0 spiro atoms. The lowest BCUT2D eigenvalue weighted by atomic mass is 10.3. The number of anilines is 1. The molecule has 0 aliphatic rings. The van der Waals surface area contributed by atoms with E-state index < -0.39 is 0 Å². The number of aromatic amines is 1. The number of nitrogens with zero attached hydrogens (tertiary/aromatic N) is 1. The summed E-state index contributed by atoms with van der Waals surface area (Å²) in [7, 11) is 0. The van der Waals surface area contributed by atoms with Crippen molar-refractivity contribution in [2.24, 2.45) is 0 Å². The maximum atomic E-state index is 11.2. The van der Waals surface area contributed by atoms with Crippen molar-refractivity contribution in [1.82, 2.24) is 10.2 Å². The van der Waals surface area contributed by atoms with Crippen molar-refractivity contribution in [1.29, 1.82) is 0 Å². The molecule has 0 aliphatic heterocycles. The van der Waals surface area contributed by atoms with Gasteiger partial charge in [-0.1, -0.05) is 6.92 Å². The van der Waals surface area contributed by atoms with Crippen molar-refractivity contribution >= 4 is 11.7 Å². The van der Waals surface area contributed by atoms with Crippen molar-refractivity contribution in [3.05, 3.63) is 11.8 Å². The number of terminal acetylenes is 1. The Balaban J connectivity index is 2.44. The van der Waals surface area contributed by atoms with Crippen molar-refractivity contribution < 1.29 is 4.79 Å². The maximum absolute atomic E-state index is 11.2. The summed E-state index contributed by atoms with van der Waals surface area (Å²) >= 11 is 0. The molecule has 4 heteroatoms. The Morgan fingerprint density at radius 1 is 1.79 bits per heavy atom. The van der Waals surface area contributed by atoms with Crippen molar-refractivity contribution in [2.75, 3.05) is 5.32 Å². The summed E-state index contributed by atoms with van der Waals surface area (Å²) in [5, 5.41) is 9.39. The molecule has 1 aromatic heterocycles. The quantitative estimate of drug-likeness (QED) is 0.705. The summed E-state index contributed by atoms with van der Waals surface area (Å²) in [6.45, 7) is 2.01. The molecule has 1 aromatic rings. The second kappa shape index (κ2) is 5.07. The number of aromatic nitrogens is 2. The van der Waals surface area contributed by atoms with Crippen LogP contribution in [0.25, 0.3) is 0 Å². The molecule has 1 amide bonds. The monoisotopic (exact) mass is 191 g/mol. The molecular weight excluding hydrogens is 178 g/mol. The van der Waals surface area contributed by atoms with Gasteiger partial charge in [0.2, 0.25) is 5.91 Å². The molecule has 0 unspecified atom stereocenters. The first-order chi connectivity index (χ1) is 6.76. The Hall–Kier alpha value is -1.76. The number of H-pyrrole nitrogens is 1. The van der Waals surface area contributed by atoms with Gasteiger partial charge in [-0.3, -0.25) is 9.89 Å². The molecule has 0 fully saturated rings. The summed E-state index contributed by atoms with van der Waals surface area (Å²) in [5.41, 5.74) is 0.997. The first kappa shape index (κ1) is 10.3. The molecule has 74 valence electrons. The highest BCUT2D eigenvalue weighted by Gasteiger charge is 2.03. The first-order valence-electron chi connectivity index (χ1n) is 4.54. The van der Waals surface area contributed by atoms with Crippen LogP contribution in [0.2, 0.25) is 0 Å². The van der Waals surface area contributed by atoms with E-state index in [0.29, 0.717) is 18.7 Å². The molecule has 4 nitrogen and oxygen atoms in total. The zero-order chi connectivity index (χ0) is 10.4. The zero-order valence-corrected chi connectivity index (χ0v) is 8.13. The minimum Gasteiger partial charge on any atom is -0.309 e. The summed E-state index contributed by atoms with van der Waals surface area (Å²) in [5.74, 6) is 2.87. The number of amides is 1. The molecule has 2 N–H and O–H groups in total. The number of rotatable bonds is 4. The summed E-state index contributed by atoms with van der Waals surface area (Å²) in [6.07, 6.45) is 6.71. The fourth-order valence-electron chi connectivity index (χ4n) is 0.998. The molecule has 0 saturated heterocycles. The van der Waals surface area contributed by atoms with E-state index in [2.05, 4.69) is 21.4 Å². The number of hydrogen-bond acceptors (Lipinski definition) is 2. The number of hydrogen-bond donors (Lipinski definition) is 2. The largest absolute Gasteiger partial charge is 0.309 e. The van der Waals surface area contributed by atoms with Crippen molar-refractivity contribution in [3.63, 3.8) is 0 Å². The molecule has 0 aromatic carbocycles. The normalized spacial score (nSPS) is 9.43. The molecular formula is C10H13N3O. The average Bonchev–Trinajstić information content (AvgIpc) is 2.62. The van der Waals surface area contributed by atoms with Crippen LogP contribution in [0.4, 0.5) is 5.82 Å². The summed E-state index contributed by atoms with van der Waals surface area (Å²) in [4.78, 5) is 11.2. The standard InChI is InChI=1S/C10H13N3O/c1-3-5-6-10(14)11-9-7-8(4-2)12-13-9/h1,7H,4-6H2,2H3,(H2,11,12,13,14). The summed E-state index contributed by atoms with van der Waals surface area (Å²) < 4.78 is 0. The van der Waals surface area contributed by atoms with Crippen LogP contribution in [-0.2, 0) is 11.2 Å². The van der Waals surface area contributed by atoms with Gasteiger partial charge in [-0.25, -0.2) is 0 Å². The van der Waals surface area contributed by atoms with Crippen LogP contribution in [0.5, 0.6) is 0 Å². The van der Waals surface area contributed by atoms with Crippen LogP contribution < -0.4 is 5.32 Å². The highest BCUT2D eigenvalue weighted by atomic mass is 16.1. The van der Waals surface area contributed by atoms with Crippen molar-refractivity contribution in [3.8, 4) is 12.3 Å². The van der Waals surface area contributed by atoms with Gasteiger partial charge in [-0.05, 0) is 6.42 Å². The van der Waals surface area contributed by atoms with Gasteiger partial charge in [0.25, 0.3) is 0 Å². The molecule has 0 saturated carbocycles. The van der Waals surface area contributed by atoms with Crippen molar-refractivity contribution in [2.45, 2.75) is 26.2 Å². The Kier molecular flexibility index (Phi) is 3.74. The molecule has 0 radical (unpaired) electrons. The Morgan fingerprint density at radius 2 is 2.57 bits per heavy atom. The molecule has 0 aliphatic carbocycles. The third-order valence-electron chi connectivity index (χ3n) is 1.78. The van der Waals surface area contributed by atoms with Gasteiger partial charge in [0.1, 0.15) is 0 Å². The lowest BCUT2D eigenvalue weighted by Crippen LogP contribution is -2.10. The second-order valence-electron chi connectivity index (χ2n) is 2.88. The molecule has 1 heterocycles. The minimum atomic E-state index is -0.0999. The van der Waals surface area contributed by atoms with Gasteiger partial charge in [0.05, 0.1) is 0 Å². The second-order valence-corrected chi connectivity index (χ2v) is 2.88. The van der Waals surface area contributed by atoms with E-state index in [4.69, 9.17) is 6.42 Å². The lowest BCUT2D eigenvalue weighted by molar-refractivity contribution is -0.116. The van der Waals surface area contributed by atoms with E-state index in [9.17, 15) is 4.79 Å². The van der Waals surface area contributed by atoms with E-state index in [1.807, 2.05) is 13.0 Å². The fourth-order valence-corrected chi connectivity index (χ4v) is 0.998. The number of aryl methyl sites for hydroxylation is 1. The summed E-state index contributed by atoms with van der Waals surface area (Å²) in [6, 6.07) is 1.81. The lowest BCUT2D eigenvalue weighted by Gasteiger charge is -1.97. The van der Waals surface area contributed by atoms with E-state index in [1.54, 1.807) is 0 Å². The number of carbonyl (C=O) groups is 1. The smallest absolute Gasteiger partial charge is 0.226 e. The van der Waals surface area contributed by atoms with Gasteiger partial charge in [-0.2, -0.15) is 5.10 Å². The average molecular weight is 191 g/mol. The number of nitrogens with one attached hydrogen (secondary N) is 2. The maximum Gasteiger partial charge on any atom is 0.226 e. The zero-order valence-electron chi connectivity index (χ0n) is 8.13. The highest BCUT2D eigenvalue weighted by molar-refractivity contribution is 5.89. The van der Waals surface area contributed by atoms with Crippen LogP contribution in [0.3, 0.4) is 0 Å². The Bertz CT molecular complexity index is 348. The Morgan fingerprint density at radius 3 is 3.14 bits per heavy atom. The van der Waals surface area contributed by atoms with E-state index in [-0.39, 0.29) is 5.91 Å². The highest BCUT2D eigenvalue weighted by Crippen LogP contribution is 2.06. The topological polar surface area (TPSA) is 57.8 Å². The Labute approximate surface area is 83.1 Å². The SMILES string of the molecule is C#CCCC(=O)Nc1cc(CC)[nH]n1. The first-order valence-corrected chi connectivity index (χ1v) is 4.54. The van der Waals surface area contributed by atoms with Gasteiger partial charge in [0, 0.05) is 24.6 Å².